The number of hydrogen-bond acceptors (Lipinski definition) is 4. The highest BCUT2D eigenvalue weighted by Crippen LogP contribution is 2.26. The normalized spacial score (nSPS) is 16.1. The molecule has 6 nitrogen and oxygen atoms in total. The van der Waals surface area contributed by atoms with Gasteiger partial charge in [0.2, 0.25) is 10.0 Å². The molecule has 2 aromatic carbocycles. The van der Waals surface area contributed by atoms with Gasteiger partial charge in [-0.3, -0.25) is 4.90 Å². The van der Waals surface area contributed by atoms with Crippen molar-refractivity contribution < 1.29 is 12.8 Å². The van der Waals surface area contributed by atoms with Crippen LogP contribution in [-0.2, 0) is 16.6 Å². The van der Waals surface area contributed by atoms with Crippen LogP contribution in [0, 0.1) is 12.7 Å². The third-order valence-corrected chi connectivity index (χ3v) is 7.61. The second-order valence-electron chi connectivity index (χ2n) is 7.21. The average Bonchev–Trinajstić information content (AvgIpc) is 3.03. The first-order chi connectivity index (χ1) is 14.4. The fourth-order valence-corrected chi connectivity index (χ4v) is 5.41. The highest BCUT2D eigenvalue weighted by molar-refractivity contribution is 7.89. The zero-order valence-corrected chi connectivity index (χ0v) is 18.1. The molecular formula is C21H22ClFN4O2S. The van der Waals surface area contributed by atoms with Crippen LogP contribution < -0.4 is 0 Å². The van der Waals surface area contributed by atoms with Gasteiger partial charge in [0.05, 0.1) is 11.4 Å². The molecule has 1 aliphatic rings. The first-order valence-electron chi connectivity index (χ1n) is 9.64. The van der Waals surface area contributed by atoms with Gasteiger partial charge in [-0.15, -0.1) is 0 Å². The smallest absolute Gasteiger partial charge is 0.246 e. The highest BCUT2D eigenvalue weighted by atomic mass is 35.5. The molecule has 0 bridgehead atoms. The summed E-state index contributed by atoms with van der Waals surface area (Å²) in [6.07, 6.45) is 0. The van der Waals surface area contributed by atoms with E-state index in [-0.39, 0.29) is 4.90 Å². The lowest BCUT2D eigenvalue weighted by atomic mass is 10.2. The zero-order valence-electron chi connectivity index (χ0n) is 16.5. The van der Waals surface area contributed by atoms with Gasteiger partial charge in [0.15, 0.2) is 0 Å². The second-order valence-corrected chi connectivity index (χ2v) is 9.48. The van der Waals surface area contributed by atoms with E-state index < -0.39 is 15.8 Å². The van der Waals surface area contributed by atoms with Crippen molar-refractivity contribution in [3.63, 3.8) is 0 Å². The van der Waals surface area contributed by atoms with Gasteiger partial charge in [-0.2, -0.15) is 9.40 Å². The third kappa shape index (κ3) is 4.00. The Kier molecular flexibility index (Phi) is 5.92. The Labute approximate surface area is 180 Å². The summed E-state index contributed by atoms with van der Waals surface area (Å²) < 4.78 is 42.6. The largest absolute Gasteiger partial charge is 0.296 e. The van der Waals surface area contributed by atoms with E-state index in [2.05, 4.69) is 10.00 Å². The van der Waals surface area contributed by atoms with Crippen LogP contribution >= 0.6 is 11.6 Å². The Hall–Kier alpha value is -2.26. The topological polar surface area (TPSA) is 58.4 Å². The molecule has 9 heteroatoms. The first kappa shape index (κ1) is 21.0. The number of aromatic nitrogens is 2. The molecule has 0 saturated carbocycles. The molecule has 1 aliphatic heterocycles. The molecule has 30 heavy (non-hydrogen) atoms. The monoisotopic (exact) mass is 448 g/mol. The van der Waals surface area contributed by atoms with E-state index in [1.807, 2.05) is 37.3 Å². The van der Waals surface area contributed by atoms with Crippen molar-refractivity contribution >= 4 is 21.6 Å². The van der Waals surface area contributed by atoms with Crippen molar-refractivity contribution in [2.24, 2.45) is 0 Å². The number of piperazine rings is 1. The summed E-state index contributed by atoms with van der Waals surface area (Å²) in [4.78, 5) is 1.86. The zero-order chi connectivity index (χ0) is 21.3. The van der Waals surface area contributed by atoms with E-state index in [9.17, 15) is 12.8 Å². The van der Waals surface area contributed by atoms with Gasteiger partial charge in [-0.1, -0.05) is 41.9 Å². The van der Waals surface area contributed by atoms with Crippen molar-refractivity contribution in [2.45, 2.75) is 18.4 Å². The summed E-state index contributed by atoms with van der Waals surface area (Å²) in [5.41, 5.74) is 2.65. The maximum atomic E-state index is 14.0. The van der Waals surface area contributed by atoms with Crippen molar-refractivity contribution in [2.75, 3.05) is 26.2 Å². The van der Waals surface area contributed by atoms with Gasteiger partial charge in [-0.05, 0) is 31.2 Å². The molecule has 3 aromatic rings. The minimum absolute atomic E-state index is 0.276. The number of rotatable bonds is 5. The van der Waals surface area contributed by atoms with Crippen LogP contribution in [0.15, 0.2) is 59.5 Å². The maximum absolute atomic E-state index is 14.0. The summed E-state index contributed by atoms with van der Waals surface area (Å²) in [7, 11) is -3.85. The van der Waals surface area contributed by atoms with Crippen molar-refractivity contribution in [1.29, 1.82) is 0 Å². The van der Waals surface area contributed by atoms with Gasteiger partial charge in [0, 0.05) is 38.3 Å². The van der Waals surface area contributed by atoms with Crippen LogP contribution in [0.4, 0.5) is 4.39 Å². The summed E-state index contributed by atoms with van der Waals surface area (Å²) in [5.74, 6) is -0.726. The lowest BCUT2D eigenvalue weighted by molar-refractivity contribution is 0.181. The minimum Gasteiger partial charge on any atom is -0.296 e. The number of hydrogen-bond donors (Lipinski definition) is 0. The molecule has 4 rings (SSSR count). The van der Waals surface area contributed by atoms with Crippen molar-refractivity contribution in [3.8, 4) is 5.69 Å². The number of sulfonamides is 1. The molecule has 0 radical (unpaired) electrons. The molecule has 0 unspecified atom stereocenters. The minimum atomic E-state index is -3.85. The van der Waals surface area contributed by atoms with Gasteiger partial charge < -0.3 is 0 Å². The molecular weight excluding hydrogens is 427 g/mol. The molecule has 1 saturated heterocycles. The SMILES string of the molecule is Cc1nn(-c2ccccc2)c(Cl)c1CN1CCN(S(=O)(=O)c2ccccc2F)CC1. The first-order valence-corrected chi connectivity index (χ1v) is 11.5. The van der Waals surface area contributed by atoms with Crippen LogP contribution in [0.1, 0.15) is 11.3 Å². The van der Waals surface area contributed by atoms with Crippen LogP contribution in [0.25, 0.3) is 5.69 Å². The molecule has 158 valence electrons. The van der Waals surface area contributed by atoms with Crippen LogP contribution in [0.2, 0.25) is 5.15 Å². The molecule has 1 fully saturated rings. The Bertz CT molecular complexity index is 1140. The van der Waals surface area contributed by atoms with Gasteiger partial charge in [0.25, 0.3) is 0 Å². The third-order valence-electron chi connectivity index (χ3n) is 5.29. The van der Waals surface area contributed by atoms with Crippen molar-refractivity contribution in [1.82, 2.24) is 19.0 Å². The predicted octanol–water partition coefficient (Wildman–Crippen LogP) is 3.48. The summed E-state index contributed by atoms with van der Waals surface area (Å²) >= 11 is 6.61. The summed E-state index contributed by atoms with van der Waals surface area (Å²) in [6, 6.07) is 15.1. The van der Waals surface area contributed by atoms with E-state index in [1.165, 1.54) is 22.5 Å². The van der Waals surface area contributed by atoms with E-state index >= 15 is 0 Å². The molecule has 0 aliphatic carbocycles. The van der Waals surface area contributed by atoms with E-state index in [0.717, 1.165) is 23.0 Å². The second kappa shape index (κ2) is 8.47. The predicted molar refractivity (Wildman–Crippen MR) is 114 cm³/mol. The lowest BCUT2D eigenvalue weighted by Gasteiger charge is -2.34. The molecule has 0 spiro atoms. The molecule has 0 amide bonds. The Balaban J connectivity index is 1.46. The maximum Gasteiger partial charge on any atom is 0.246 e. The number of halogens is 2. The standard InChI is InChI=1S/C21H22ClFN4O2S/c1-16-18(21(22)27(24-16)17-7-3-2-4-8-17)15-25-11-13-26(14-12-25)30(28,29)20-10-6-5-9-19(20)23/h2-10H,11-15H2,1H3. The average molecular weight is 449 g/mol. The number of para-hydroxylation sites is 1. The molecule has 2 heterocycles. The van der Waals surface area contributed by atoms with Crippen LogP contribution in [0.3, 0.4) is 0 Å². The van der Waals surface area contributed by atoms with Gasteiger partial charge in [-0.25, -0.2) is 17.5 Å². The van der Waals surface area contributed by atoms with E-state index in [0.29, 0.717) is 37.9 Å². The van der Waals surface area contributed by atoms with Crippen LogP contribution in [0.5, 0.6) is 0 Å². The molecule has 1 aromatic heterocycles. The van der Waals surface area contributed by atoms with E-state index in [4.69, 9.17) is 11.6 Å². The number of benzene rings is 2. The molecule has 0 N–H and O–H groups in total. The Morgan fingerprint density at radius 3 is 2.30 bits per heavy atom. The van der Waals surface area contributed by atoms with Crippen LogP contribution in [-0.4, -0.2) is 53.6 Å². The van der Waals surface area contributed by atoms with Crippen molar-refractivity contribution in [3.05, 3.63) is 76.8 Å². The quantitative estimate of drug-likeness (QED) is 0.599. The summed E-state index contributed by atoms with van der Waals surface area (Å²) in [5, 5.41) is 5.12. The fraction of sp³-hybridized carbons (Fsp3) is 0.286. The Morgan fingerprint density at radius 2 is 1.63 bits per heavy atom. The summed E-state index contributed by atoms with van der Waals surface area (Å²) in [6.45, 7) is 4.13. The molecule has 0 atom stereocenters. The number of nitrogens with zero attached hydrogens (tertiary/aromatic N) is 4. The van der Waals surface area contributed by atoms with Gasteiger partial charge in [0.1, 0.15) is 15.9 Å². The fourth-order valence-electron chi connectivity index (χ4n) is 3.60. The highest BCUT2D eigenvalue weighted by Gasteiger charge is 2.31. The lowest BCUT2D eigenvalue weighted by Crippen LogP contribution is -2.48. The van der Waals surface area contributed by atoms with E-state index in [1.54, 1.807) is 4.68 Å². The Morgan fingerprint density at radius 1 is 1.00 bits per heavy atom. The van der Waals surface area contributed by atoms with Gasteiger partial charge >= 0.3 is 0 Å². The number of aryl methyl sites for hydroxylation is 1.